The first-order chi connectivity index (χ1) is 29.5. The quantitative estimate of drug-likeness (QED) is 0.0654. The van der Waals surface area contributed by atoms with E-state index in [4.69, 9.17) is 18.9 Å². The molecule has 0 spiro atoms. The summed E-state index contributed by atoms with van der Waals surface area (Å²) in [6.07, 6.45) is -4.06. The molecule has 0 fully saturated rings. The molecule has 0 saturated carbocycles. The third-order valence-electron chi connectivity index (χ3n) is 8.88. The molecule has 0 unspecified atom stereocenters. The zero-order chi connectivity index (χ0) is 47.7. The summed E-state index contributed by atoms with van der Waals surface area (Å²) in [5.74, 6) is -10.6. The van der Waals surface area contributed by atoms with E-state index in [0.717, 1.165) is 0 Å². The van der Waals surface area contributed by atoms with Crippen molar-refractivity contribution in [2.45, 2.75) is 45.3 Å². The fraction of sp³-hybridized carbons (Fsp3) is 0.222. The third-order valence-corrected chi connectivity index (χ3v) is 12.1. The number of aliphatic carboxylic acids is 4. The van der Waals surface area contributed by atoms with E-state index in [1.54, 1.807) is 0 Å². The van der Waals surface area contributed by atoms with Gasteiger partial charge in [0.2, 0.25) is 0 Å². The van der Waals surface area contributed by atoms with Gasteiger partial charge < -0.3 is 76.8 Å². The van der Waals surface area contributed by atoms with Crippen molar-refractivity contribution in [3.8, 4) is 23.0 Å². The molecule has 1 aliphatic rings. The average Bonchev–Trinajstić information content (AvgIpc) is 3.13. The number of carboxylic acids is 4. The Hall–Kier alpha value is 1.60. The molecule has 0 heterocycles. The van der Waals surface area contributed by atoms with Crippen molar-refractivity contribution in [2.75, 3.05) is 26.4 Å². The molecule has 36 heteroatoms. The van der Waals surface area contributed by atoms with Crippen molar-refractivity contribution in [3.05, 3.63) is 93.0 Å². The average molecular weight is 1150 g/mol. The summed E-state index contributed by atoms with van der Waals surface area (Å²) in [7, 11) is -22.4. The van der Waals surface area contributed by atoms with E-state index in [9.17, 15) is 91.5 Å². The molecule has 0 amide bonds. The fourth-order valence-electron chi connectivity index (χ4n) is 6.60. The number of rotatable bonds is 16. The maximum atomic E-state index is 12.6. The molecular formula is C36H24Na8O24S4. The van der Waals surface area contributed by atoms with Crippen LogP contribution in [0.5, 0.6) is 23.0 Å². The standard InChI is InChI=1S/C36H32O24S4.8Na/c37-29(38)13-57-33-17-1-18-6-26(62(48,49)50)8-20(34(18)58-14-30(39)40)3-22-10-28(64(54,55)56)12-24(36(22)60-16-32(43)44)4-23-11-27(63(51,52)53)9-21(35(23)59-15-31(41)42)2-19(33)7-25(5-17)61(45,46)47;;;;;;;;/h5-12H,1-4,13-16H2,(H,37,38)(H,39,40)(H,41,42)(H,43,44)(H,45,46,47)(H,48,49,50)(H,51,52,53)(H,54,55,56);;;;;;;;/q;8*+1/p-8. The van der Waals surface area contributed by atoms with Crippen LogP contribution in [-0.4, -0.2) is 102 Å². The minimum absolute atomic E-state index is 0. The first-order valence-corrected chi connectivity index (χ1v) is 22.9. The molecule has 24 nitrogen and oxygen atoms in total. The van der Waals surface area contributed by atoms with Crippen LogP contribution < -0.4 is 276 Å². The van der Waals surface area contributed by atoms with Crippen LogP contribution in [0.1, 0.15) is 44.5 Å². The van der Waals surface area contributed by atoms with Gasteiger partial charge in [0, 0.05) is 70.2 Å². The number of carbonyl (C=O) groups excluding carboxylic acids is 4. The van der Waals surface area contributed by atoms with Crippen LogP contribution in [0.25, 0.3) is 0 Å². The van der Waals surface area contributed by atoms with Gasteiger partial charge in [-0.15, -0.1) is 0 Å². The minimum Gasteiger partial charge on any atom is -0.744 e. The summed E-state index contributed by atoms with van der Waals surface area (Å²) in [4.78, 5) is 42.2. The zero-order valence-corrected chi connectivity index (χ0v) is 59.0. The SMILES string of the molecule is O=C([O-])COc1c2cc(S(=O)(=O)[O-])cc1Cc1cc(S(=O)(=O)[O-])cc(c1OCC(=O)[O-])Cc1cc(S(=O)(=O)[O-])cc(c1OCC(=O)[O-])Cc1cc(S(=O)(=O)[O-])cc(c1OCC(=O)[O-])C2.[Na+].[Na+].[Na+].[Na+].[Na+].[Na+].[Na+].[Na+]. The van der Waals surface area contributed by atoms with Crippen LogP contribution in [0.4, 0.5) is 0 Å². The van der Waals surface area contributed by atoms with E-state index < -0.39 is 204 Å². The van der Waals surface area contributed by atoms with Crippen molar-refractivity contribution in [1.82, 2.24) is 0 Å². The Balaban J connectivity index is -0.00000289. The van der Waals surface area contributed by atoms with Crippen molar-refractivity contribution >= 4 is 64.3 Å². The molecule has 72 heavy (non-hydrogen) atoms. The van der Waals surface area contributed by atoms with Crippen LogP contribution in [0.15, 0.2) is 68.1 Å². The number of ether oxygens (including phenoxy) is 4. The van der Waals surface area contributed by atoms with Crippen molar-refractivity contribution < 1.29 is 347 Å². The van der Waals surface area contributed by atoms with Gasteiger partial charge in [0.1, 0.15) is 89.9 Å². The number of hydrogen-bond donors (Lipinski definition) is 0. The maximum Gasteiger partial charge on any atom is 1.00 e. The van der Waals surface area contributed by atoms with Gasteiger partial charge in [-0.05, 0) is 48.5 Å². The summed E-state index contributed by atoms with van der Waals surface area (Å²) >= 11 is 0. The molecule has 0 radical (unpaired) electrons. The smallest absolute Gasteiger partial charge is 0.744 e. The van der Waals surface area contributed by atoms with Gasteiger partial charge in [-0.3, -0.25) is 0 Å². The Morgan fingerprint density at radius 3 is 0.542 bits per heavy atom. The third kappa shape index (κ3) is 22.6. The Morgan fingerprint density at radius 1 is 0.319 bits per heavy atom. The predicted octanol–water partition coefficient (Wildman–Crippen LogP) is -29.5. The van der Waals surface area contributed by atoms with Crippen LogP contribution in [-0.2, 0) is 85.3 Å². The van der Waals surface area contributed by atoms with Crippen LogP contribution in [0.3, 0.4) is 0 Å². The second-order valence-corrected chi connectivity index (χ2v) is 19.0. The van der Waals surface area contributed by atoms with Gasteiger partial charge in [-0.25, -0.2) is 33.7 Å². The largest absolute Gasteiger partial charge is 1.00 e. The second kappa shape index (κ2) is 33.4. The molecule has 0 aromatic heterocycles. The second-order valence-electron chi connectivity index (χ2n) is 13.4. The molecule has 1 aliphatic carbocycles. The van der Waals surface area contributed by atoms with Gasteiger partial charge in [0.25, 0.3) is 0 Å². The van der Waals surface area contributed by atoms with E-state index in [2.05, 4.69) is 0 Å². The summed E-state index contributed by atoms with van der Waals surface area (Å²) < 4.78 is 173. The monoisotopic (exact) mass is 1150 g/mol. The maximum absolute atomic E-state index is 12.6. The van der Waals surface area contributed by atoms with Gasteiger partial charge in [0.05, 0.1) is 43.5 Å². The number of carbonyl (C=O) groups is 4. The molecule has 0 N–H and O–H groups in total. The van der Waals surface area contributed by atoms with Crippen molar-refractivity contribution in [3.63, 3.8) is 0 Å². The van der Waals surface area contributed by atoms with E-state index in [1.165, 1.54) is 0 Å². The van der Waals surface area contributed by atoms with Crippen molar-refractivity contribution in [2.24, 2.45) is 0 Å². The first kappa shape index (κ1) is 80.1. The normalized spacial score (nSPS) is 11.6. The number of benzene rings is 4. The van der Waals surface area contributed by atoms with Gasteiger partial charge >= 0.3 is 236 Å². The molecule has 344 valence electrons. The topological polar surface area (TPSA) is 426 Å². The zero-order valence-electron chi connectivity index (χ0n) is 39.7. The van der Waals surface area contributed by atoms with E-state index in [1.807, 2.05) is 0 Å². The molecule has 0 atom stereocenters. The first-order valence-electron chi connectivity index (χ1n) is 17.3. The fourth-order valence-corrected chi connectivity index (χ4v) is 8.90. The van der Waals surface area contributed by atoms with Crippen LogP contribution in [0, 0.1) is 0 Å². The summed E-state index contributed by atoms with van der Waals surface area (Å²) in [5, 5.41) is 46.7. The van der Waals surface area contributed by atoms with E-state index in [-0.39, 0.29) is 236 Å². The van der Waals surface area contributed by atoms with E-state index >= 15 is 0 Å². The summed E-state index contributed by atoms with van der Waals surface area (Å²) in [6, 6.07) is 4.54. The molecule has 0 aliphatic heterocycles. The van der Waals surface area contributed by atoms with E-state index in [0.29, 0.717) is 48.5 Å². The van der Waals surface area contributed by atoms with Crippen molar-refractivity contribution in [1.29, 1.82) is 0 Å². The predicted molar refractivity (Wildman–Crippen MR) is 191 cm³/mol. The summed E-state index contributed by atoms with van der Waals surface area (Å²) in [6.45, 7) is -5.50. The van der Waals surface area contributed by atoms with Gasteiger partial charge in [0.15, 0.2) is 0 Å². The Kier molecular flexibility index (Phi) is 37.1. The Morgan fingerprint density at radius 2 is 0.444 bits per heavy atom. The molecule has 0 saturated heterocycles. The molecule has 5 rings (SSSR count). The number of fused-ring (bicyclic) bond motifs is 8. The minimum atomic E-state index is -5.59. The number of carboxylic acid groups (broad SMARTS) is 4. The number of hydrogen-bond acceptors (Lipinski definition) is 24. The van der Waals surface area contributed by atoms with Gasteiger partial charge in [-0.1, -0.05) is 0 Å². The van der Waals surface area contributed by atoms with Gasteiger partial charge in [-0.2, -0.15) is 0 Å². The molecular weight excluding hydrogens is 1130 g/mol. The molecule has 4 aromatic carbocycles. The summed E-state index contributed by atoms with van der Waals surface area (Å²) in [5.41, 5.74) is -4.82. The molecule has 8 bridgehead atoms. The Labute approximate surface area is 588 Å². The molecule has 4 aromatic rings. The van der Waals surface area contributed by atoms with Crippen LogP contribution in [0.2, 0.25) is 0 Å². The van der Waals surface area contributed by atoms with Crippen LogP contribution >= 0.6 is 0 Å². The Bertz CT molecular complexity index is 2600.